The van der Waals surface area contributed by atoms with E-state index < -0.39 is 4.92 Å². The Morgan fingerprint density at radius 3 is 2.79 bits per heavy atom. The van der Waals surface area contributed by atoms with Gasteiger partial charge in [0.25, 0.3) is 0 Å². The number of aromatic nitrogens is 2. The summed E-state index contributed by atoms with van der Waals surface area (Å²) in [6, 6.07) is 3.68. The topological polar surface area (TPSA) is 71.8 Å². The van der Waals surface area contributed by atoms with E-state index in [0.717, 1.165) is 11.1 Å². The summed E-state index contributed by atoms with van der Waals surface area (Å²) in [4.78, 5) is 10.2. The van der Waals surface area contributed by atoms with Gasteiger partial charge in [-0.3, -0.25) is 0 Å². The van der Waals surface area contributed by atoms with E-state index in [2.05, 4.69) is 10.2 Å². The second-order valence-electron chi connectivity index (χ2n) is 3.23. The number of aryl methyl sites for hydroxylation is 2. The molecule has 5 nitrogen and oxygen atoms in total. The molecular formula is C9H9N3O2. The number of H-pyrrole nitrogens is 1. The van der Waals surface area contributed by atoms with Crippen molar-refractivity contribution in [3.05, 3.63) is 33.4 Å². The van der Waals surface area contributed by atoms with Crippen molar-refractivity contribution in [3.8, 4) is 0 Å². The molecule has 0 saturated heterocycles. The van der Waals surface area contributed by atoms with E-state index in [4.69, 9.17) is 0 Å². The molecule has 0 aliphatic carbocycles. The lowest BCUT2D eigenvalue weighted by atomic mass is 10.1. The molecule has 1 N–H and O–H groups in total. The lowest BCUT2D eigenvalue weighted by Gasteiger charge is -1.99. The molecule has 0 radical (unpaired) electrons. The first-order chi connectivity index (χ1) is 6.61. The van der Waals surface area contributed by atoms with Gasteiger partial charge in [0, 0.05) is 0 Å². The van der Waals surface area contributed by atoms with E-state index in [-0.39, 0.29) is 5.82 Å². The number of nitrogens with zero attached hydrogens (tertiary/aromatic N) is 2. The van der Waals surface area contributed by atoms with Crippen LogP contribution < -0.4 is 0 Å². The minimum atomic E-state index is -0.443. The molecule has 1 aromatic carbocycles. The van der Waals surface area contributed by atoms with Crippen LogP contribution in [0.4, 0.5) is 5.82 Å². The zero-order chi connectivity index (χ0) is 10.3. The summed E-state index contributed by atoms with van der Waals surface area (Å²) in [6.45, 7) is 3.78. The lowest BCUT2D eigenvalue weighted by molar-refractivity contribution is -0.387. The van der Waals surface area contributed by atoms with Crippen LogP contribution in [0.15, 0.2) is 12.1 Å². The summed E-state index contributed by atoms with van der Waals surface area (Å²) in [5.41, 5.74) is 2.57. The van der Waals surface area contributed by atoms with Gasteiger partial charge < -0.3 is 10.1 Å². The molecule has 1 heterocycles. The number of aromatic amines is 1. The molecule has 2 rings (SSSR count). The quantitative estimate of drug-likeness (QED) is 0.554. The third kappa shape index (κ3) is 1.06. The highest BCUT2D eigenvalue weighted by Crippen LogP contribution is 2.27. The molecule has 0 fully saturated rings. The smallest absolute Gasteiger partial charge is 0.350 e. The number of hydrogen-bond donors (Lipinski definition) is 1. The molecule has 0 aliphatic rings. The third-order valence-corrected chi connectivity index (χ3v) is 2.42. The Bertz CT molecular complexity index is 516. The maximum atomic E-state index is 10.7. The van der Waals surface area contributed by atoms with Gasteiger partial charge in [-0.2, -0.15) is 0 Å². The van der Waals surface area contributed by atoms with Crippen molar-refractivity contribution in [2.75, 3.05) is 0 Å². The van der Waals surface area contributed by atoms with Crippen LogP contribution >= 0.6 is 0 Å². The fourth-order valence-electron chi connectivity index (χ4n) is 1.49. The van der Waals surface area contributed by atoms with Gasteiger partial charge in [-0.05, 0) is 36.0 Å². The van der Waals surface area contributed by atoms with Crippen LogP contribution in [-0.4, -0.2) is 15.1 Å². The van der Waals surface area contributed by atoms with Crippen LogP contribution in [0.3, 0.4) is 0 Å². The van der Waals surface area contributed by atoms with Crippen molar-refractivity contribution >= 4 is 16.7 Å². The molecule has 0 aliphatic heterocycles. The van der Waals surface area contributed by atoms with E-state index in [9.17, 15) is 10.1 Å². The Hall–Kier alpha value is -1.91. The first-order valence-electron chi connectivity index (χ1n) is 4.20. The van der Waals surface area contributed by atoms with Crippen LogP contribution in [0, 0.1) is 24.0 Å². The maximum absolute atomic E-state index is 10.7. The highest BCUT2D eigenvalue weighted by Gasteiger charge is 2.17. The van der Waals surface area contributed by atoms with Crippen LogP contribution in [0.5, 0.6) is 0 Å². The second-order valence-corrected chi connectivity index (χ2v) is 3.23. The van der Waals surface area contributed by atoms with E-state index in [1.165, 1.54) is 0 Å². The Kier molecular flexibility index (Phi) is 1.73. The Labute approximate surface area is 79.9 Å². The predicted octanol–water partition coefficient (Wildman–Crippen LogP) is 2.09. The lowest BCUT2D eigenvalue weighted by Crippen LogP contribution is -1.90. The van der Waals surface area contributed by atoms with Crippen molar-refractivity contribution in [2.45, 2.75) is 13.8 Å². The van der Waals surface area contributed by atoms with Crippen LogP contribution in [-0.2, 0) is 0 Å². The first-order valence-corrected chi connectivity index (χ1v) is 4.20. The van der Waals surface area contributed by atoms with Crippen LogP contribution in [0.2, 0.25) is 0 Å². The number of benzene rings is 1. The summed E-state index contributed by atoms with van der Waals surface area (Å²) in [7, 11) is 0. The van der Waals surface area contributed by atoms with Crippen LogP contribution in [0.25, 0.3) is 10.9 Å². The van der Waals surface area contributed by atoms with Crippen molar-refractivity contribution < 1.29 is 4.92 Å². The summed E-state index contributed by atoms with van der Waals surface area (Å²) in [6.07, 6.45) is 0. The van der Waals surface area contributed by atoms with E-state index in [1.807, 2.05) is 19.9 Å². The van der Waals surface area contributed by atoms with Gasteiger partial charge in [-0.25, -0.2) is 0 Å². The molecule has 1 aromatic heterocycles. The molecule has 5 heteroatoms. The van der Waals surface area contributed by atoms with Crippen LogP contribution in [0.1, 0.15) is 11.1 Å². The number of fused-ring (bicyclic) bond motifs is 1. The minimum absolute atomic E-state index is 0.0267. The number of nitrogens with one attached hydrogen (secondary N) is 1. The SMILES string of the molecule is Cc1ccc2n[nH]c([N+](=O)[O-])c2c1C. The Morgan fingerprint density at radius 2 is 2.14 bits per heavy atom. The van der Waals surface area contributed by atoms with Crippen molar-refractivity contribution in [2.24, 2.45) is 0 Å². The van der Waals surface area contributed by atoms with Crippen molar-refractivity contribution in [1.29, 1.82) is 0 Å². The van der Waals surface area contributed by atoms with Gasteiger partial charge in [0.2, 0.25) is 0 Å². The highest BCUT2D eigenvalue weighted by atomic mass is 16.6. The fraction of sp³-hybridized carbons (Fsp3) is 0.222. The molecule has 0 unspecified atom stereocenters. The molecule has 72 valence electrons. The normalized spacial score (nSPS) is 10.7. The molecule has 0 spiro atoms. The highest BCUT2D eigenvalue weighted by molar-refractivity contribution is 5.90. The van der Waals surface area contributed by atoms with Gasteiger partial charge in [-0.15, -0.1) is 5.10 Å². The summed E-state index contributed by atoms with van der Waals surface area (Å²) in [5.74, 6) is -0.0267. The Balaban J connectivity index is 2.89. The third-order valence-electron chi connectivity index (χ3n) is 2.42. The molecule has 0 amide bonds. The van der Waals surface area contributed by atoms with E-state index in [1.54, 1.807) is 6.07 Å². The Morgan fingerprint density at radius 1 is 1.43 bits per heavy atom. The second kappa shape index (κ2) is 2.80. The minimum Gasteiger partial charge on any atom is -0.358 e. The maximum Gasteiger partial charge on any atom is 0.350 e. The fourth-order valence-corrected chi connectivity index (χ4v) is 1.49. The van der Waals surface area contributed by atoms with Gasteiger partial charge in [0.1, 0.15) is 10.9 Å². The summed E-state index contributed by atoms with van der Waals surface area (Å²) < 4.78 is 0. The average molecular weight is 191 g/mol. The molecule has 0 atom stereocenters. The largest absolute Gasteiger partial charge is 0.358 e. The molecule has 0 saturated carbocycles. The van der Waals surface area contributed by atoms with E-state index in [0.29, 0.717) is 10.9 Å². The zero-order valence-corrected chi connectivity index (χ0v) is 7.87. The predicted molar refractivity (Wildman–Crippen MR) is 52.2 cm³/mol. The first kappa shape index (κ1) is 8.68. The van der Waals surface area contributed by atoms with Gasteiger partial charge in [0.15, 0.2) is 0 Å². The van der Waals surface area contributed by atoms with E-state index >= 15 is 0 Å². The summed E-state index contributed by atoms with van der Waals surface area (Å²) >= 11 is 0. The summed E-state index contributed by atoms with van der Waals surface area (Å²) in [5, 5.41) is 17.6. The number of nitro groups is 1. The standard InChI is InChI=1S/C9H9N3O2/c1-5-3-4-7-8(6(5)2)9(11-10-7)12(13)14/h3-4H,1-2H3,(H,10,11). The van der Waals surface area contributed by atoms with Crippen molar-refractivity contribution in [3.63, 3.8) is 0 Å². The van der Waals surface area contributed by atoms with Gasteiger partial charge in [-0.1, -0.05) is 11.2 Å². The molecular weight excluding hydrogens is 182 g/mol. The van der Waals surface area contributed by atoms with Gasteiger partial charge in [0.05, 0.1) is 0 Å². The average Bonchev–Trinajstić information content (AvgIpc) is 2.55. The molecule has 2 aromatic rings. The monoisotopic (exact) mass is 191 g/mol. The number of hydrogen-bond acceptors (Lipinski definition) is 3. The zero-order valence-electron chi connectivity index (χ0n) is 7.87. The number of rotatable bonds is 1. The molecule has 14 heavy (non-hydrogen) atoms. The van der Waals surface area contributed by atoms with Gasteiger partial charge >= 0.3 is 5.82 Å². The van der Waals surface area contributed by atoms with Crippen molar-refractivity contribution in [1.82, 2.24) is 10.2 Å². The molecule has 0 bridgehead atoms.